The molecule has 4 nitrogen and oxygen atoms in total. The molecule has 0 saturated carbocycles. The van der Waals surface area contributed by atoms with E-state index in [1.165, 1.54) is 19.4 Å². The predicted molar refractivity (Wildman–Crippen MR) is 59.7 cm³/mol. The molecule has 1 aliphatic rings. The van der Waals surface area contributed by atoms with Gasteiger partial charge in [0.15, 0.2) is 0 Å². The van der Waals surface area contributed by atoms with Gasteiger partial charge in [0.2, 0.25) is 0 Å². The number of hydrogen-bond donors (Lipinski definition) is 1. The molecular weight excluding hydrogens is 188 g/mol. The van der Waals surface area contributed by atoms with Gasteiger partial charge < -0.3 is 9.88 Å². The lowest BCUT2D eigenvalue weighted by molar-refractivity contribution is 0.363. The van der Waals surface area contributed by atoms with Crippen LogP contribution in [-0.4, -0.2) is 27.9 Å². The number of piperidine rings is 1. The fourth-order valence-electron chi connectivity index (χ4n) is 2.20. The van der Waals surface area contributed by atoms with Crippen molar-refractivity contribution in [3.05, 3.63) is 12.2 Å². The summed E-state index contributed by atoms with van der Waals surface area (Å²) in [7, 11) is 0. The molecule has 0 unspecified atom stereocenters. The first-order valence-electron chi connectivity index (χ1n) is 5.86. The lowest BCUT2D eigenvalue weighted by Crippen LogP contribution is -2.31. The fraction of sp³-hybridized carbons (Fsp3) is 0.818. The maximum atomic E-state index is 4.22. The van der Waals surface area contributed by atoms with Crippen LogP contribution in [0.2, 0.25) is 0 Å². The number of nitrogens with zero attached hydrogens (tertiary/aromatic N) is 3. The molecule has 2 rings (SSSR count). The molecule has 2 heterocycles. The van der Waals surface area contributed by atoms with E-state index in [2.05, 4.69) is 33.9 Å². The molecule has 1 atom stereocenters. The average molecular weight is 208 g/mol. The molecule has 1 aliphatic heterocycles. The van der Waals surface area contributed by atoms with E-state index in [-0.39, 0.29) is 0 Å². The summed E-state index contributed by atoms with van der Waals surface area (Å²) in [5, 5.41) is 11.7. The highest BCUT2D eigenvalue weighted by molar-refractivity contribution is 4.91. The lowest BCUT2D eigenvalue weighted by atomic mass is 9.96. The molecule has 0 spiro atoms. The molecule has 0 aromatic carbocycles. The van der Waals surface area contributed by atoms with Gasteiger partial charge in [-0.3, -0.25) is 0 Å². The first-order chi connectivity index (χ1) is 7.27. The lowest BCUT2D eigenvalue weighted by Gasteiger charge is -2.22. The van der Waals surface area contributed by atoms with E-state index in [1.54, 1.807) is 0 Å². The smallest absolute Gasteiger partial charge is 0.133 e. The topological polar surface area (TPSA) is 42.7 Å². The van der Waals surface area contributed by atoms with Gasteiger partial charge in [-0.25, -0.2) is 0 Å². The van der Waals surface area contributed by atoms with Gasteiger partial charge in [0.25, 0.3) is 0 Å². The zero-order valence-corrected chi connectivity index (χ0v) is 9.61. The number of rotatable bonds is 3. The van der Waals surface area contributed by atoms with Crippen molar-refractivity contribution < 1.29 is 0 Å². The van der Waals surface area contributed by atoms with Crippen molar-refractivity contribution >= 4 is 0 Å². The Morgan fingerprint density at radius 1 is 1.60 bits per heavy atom. The zero-order chi connectivity index (χ0) is 10.7. The number of aromatic nitrogens is 3. The van der Waals surface area contributed by atoms with E-state index in [0.29, 0.717) is 6.04 Å². The van der Waals surface area contributed by atoms with Crippen molar-refractivity contribution in [2.45, 2.75) is 39.2 Å². The van der Waals surface area contributed by atoms with Crippen molar-refractivity contribution in [1.29, 1.82) is 0 Å². The van der Waals surface area contributed by atoms with E-state index in [9.17, 15) is 0 Å². The van der Waals surface area contributed by atoms with Crippen LogP contribution >= 0.6 is 0 Å². The van der Waals surface area contributed by atoms with E-state index < -0.39 is 0 Å². The van der Waals surface area contributed by atoms with Gasteiger partial charge in [-0.15, -0.1) is 10.2 Å². The maximum Gasteiger partial charge on any atom is 0.133 e. The minimum absolute atomic E-state index is 0.464. The minimum atomic E-state index is 0.464. The van der Waals surface area contributed by atoms with Crippen LogP contribution in [-0.2, 0) is 6.42 Å². The summed E-state index contributed by atoms with van der Waals surface area (Å²) in [4.78, 5) is 0. The van der Waals surface area contributed by atoms with Gasteiger partial charge in [-0.1, -0.05) is 0 Å². The SMILES string of the molecule is CC(C)n1cnnc1C[C@@H]1CCCNC1. The maximum absolute atomic E-state index is 4.22. The molecule has 1 aromatic heterocycles. The minimum Gasteiger partial charge on any atom is -0.316 e. The molecule has 4 heteroatoms. The summed E-state index contributed by atoms with van der Waals surface area (Å²) < 4.78 is 2.18. The summed E-state index contributed by atoms with van der Waals surface area (Å²) in [5.74, 6) is 1.87. The third-order valence-corrected chi connectivity index (χ3v) is 3.07. The molecule has 1 fully saturated rings. The third kappa shape index (κ3) is 2.56. The molecular formula is C11H20N4. The normalized spacial score (nSPS) is 22.2. The molecule has 0 aliphatic carbocycles. The third-order valence-electron chi connectivity index (χ3n) is 3.07. The van der Waals surface area contributed by atoms with Crippen LogP contribution in [0, 0.1) is 5.92 Å². The van der Waals surface area contributed by atoms with Crippen LogP contribution in [0.25, 0.3) is 0 Å². The van der Waals surface area contributed by atoms with Crippen LogP contribution in [0.5, 0.6) is 0 Å². The summed E-state index contributed by atoms with van der Waals surface area (Å²) in [5.41, 5.74) is 0. The standard InChI is InChI=1S/C11H20N4/c1-9(2)15-8-13-14-11(15)6-10-4-3-5-12-7-10/h8-10,12H,3-7H2,1-2H3/t10-/m0/s1. The monoisotopic (exact) mass is 208 g/mol. The van der Waals surface area contributed by atoms with Crippen molar-refractivity contribution in [2.24, 2.45) is 5.92 Å². The van der Waals surface area contributed by atoms with Crippen LogP contribution in [0.3, 0.4) is 0 Å². The van der Waals surface area contributed by atoms with Gasteiger partial charge >= 0.3 is 0 Å². The van der Waals surface area contributed by atoms with Gasteiger partial charge in [0.1, 0.15) is 12.2 Å². The molecule has 15 heavy (non-hydrogen) atoms. The second kappa shape index (κ2) is 4.75. The molecule has 1 aromatic rings. The van der Waals surface area contributed by atoms with Crippen LogP contribution in [0.1, 0.15) is 38.6 Å². The van der Waals surface area contributed by atoms with Crippen molar-refractivity contribution in [3.63, 3.8) is 0 Å². The quantitative estimate of drug-likeness (QED) is 0.816. The van der Waals surface area contributed by atoms with Gasteiger partial charge in [-0.2, -0.15) is 0 Å². The first kappa shape index (κ1) is 10.6. The van der Waals surface area contributed by atoms with Crippen molar-refractivity contribution in [2.75, 3.05) is 13.1 Å². The largest absolute Gasteiger partial charge is 0.316 e. The molecule has 1 N–H and O–H groups in total. The summed E-state index contributed by atoms with van der Waals surface area (Å²) in [6, 6.07) is 0.464. The highest BCUT2D eigenvalue weighted by Crippen LogP contribution is 2.16. The molecule has 0 amide bonds. The Labute approximate surface area is 91.1 Å². The zero-order valence-electron chi connectivity index (χ0n) is 9.61. The van der Waals surface area contributed by atoms with Crippen molar-refractivity contribution in [1.82, 2.24) is 20.1 Å². The van der Waals surface area contributed by atoms with E-state index in [1.807, 2.05) is 6.33 Å². The highest BCUT2D eigenvalue weighted by Gasteiger charge is 2.17. The Morgan fingerprint density at radius 2 is 2.47 bits per heavy atom. The second-order valence-electron chi connectivity index (χ2n) is 4.66. The Bertz CT molecular complexity index is 299. The number of nitrogens with one attached hydrogen (secondary N) is 1. The van der Waals surface area contributed by atoms with E-state index in [4.69, 9.17) is 0 Å². The van der Waals surface area contributed by atoms with Gasteiger partial charge in [-0.05, 0) is 45.7 Å². The molecule has 1 saturated heterocycles. The average Bonchev–Trinajstić information content (AvgIpc) is 2.67. The Hall–Kier alpha value is -0.900. The van der Waals surface area contributed by atoms with E-state index in [0.717, 1.165) is 24.7 Å². The van der Waals surface area contributed by atoms with Crippen LogP contribution in [0.15, 0.2) is 6.33 Å². The Balaban J connectivity index is 1.99. The van der Waals surface area contributed by atoms with Gasteiger partial charge in [0.05, 0.1) is 0 Å². The fourth-order valence-corrected chi connectivity index (χ4v) is 2.20. The Morgan fingerprint density at radius 3 is 3.13 bits per heavy atom. The summed E-state index contributed by atoms with van der Waals surface area (Å²) in [6.07, 6.45) is 5.51. The van der Waals surface area contributed by atoms with Crippen LogP contribution in [0.4, 0.5) is 0 Å². The van der Waals surface area contributed by atoms with E-state index >= 15 is 0 Å². The number of hydrogen-bond acceptors (Lipinski definition) is 3. The predicted octanol–water partition coefficient (Wildman–Crippen LogP) is 1.40. The Kier molecular flexibility index (Phi) is 3.36. The van der Waals surface area contributed by atoms with Crippen LogP contribution < -0.4 is 5.32 Å². The first-order valence-corrected chi connectivity index (χ1v) is 5.86. The molecule has 0 bridgehead atoms. The molecule has 84 valence electrons. The van der Waals surface area contributed by atoms with Crippen molar-refractivity contribution in [3.8, 4) is 0 Å². The second-order valence-corrected chi connectivity index (χ2v) is 4.66. The summed E-state index contributed by atoms with van der Waals surface area (Å²) in [6.45, 7) is 6.65. The highest BCUT2D eigenvalue weighted by atomic mass is 15.3. The van der Waals surface area contributed by atoms with Gasteiger partial charge in [0, 0.05) is 12.5 Å². The summed E-state index contributed by atoms with van der Waals surface area (Å²) >= 11 is 0. The molecule has 0 radical (unpaired) electrons.